The summed E-state index contributed by atoms with van der Waals surface area (Å²) in [6, 6.07) is 0. The average molecular weight is 234 g/mol. The summed E-state index contributed by atoms with van der Waals surface area (Å²) in [5, 5.41) is 0. The molecule has 0 radical (unpaired) electrons. The van der Waals surface area contributed by atoms with Gasteiger partial charge < -0.3 is 16.4 Å². The SMILES string of the molecule is [O-2].[O-2].[OH-].[SnH+3].[Zn+2]. The molecule has 0 aliphatic rings. The fraction of sp³-hybridized carbons (Fsp3) is 0. The van der Waals surface area contributed by atoms with Crippen LogP contribution >= 0.6 is 0 Å². The molecule has 0 saturated heterocycles. The fourth-order valence-electron chi connectivity index (χ4n) is 0. The van der Waals surface area contributed by atoms with Gasteiger partial charge in [-0.3, -0.25) is 0 Å². The first-order chi connectivity index (χ1) is 0. The molecule has 0 spiro atoms. The molecule has 0 rings (SSSR count). The molecule has 5 heteroatoms. The molecular weight excluding hydrogens is 232 g/mol. The van der Waals surface area contributed by atoms with E-state index in [1.807, 2.05) is 0 Å². The summed E-state index contributed by atoms with van der Waals surface area (Å²) in [6.07, 6.45) is 0. The summed E-state index contributed by atoms with van der Waals surface area (Å²) in [4.78, 5) is 0. The van der Waals surface area contributed by atoms with E-state index < -0.39 is 0 Å². The van der Waals surface area contributed by atoms with Crippen LogP contribution in [0, 0.1) is 0 Å². The van der Waals surface area contributed by atoms with Crippen molar-refractivity contribution in [2.45, 2.75) is 0 Å². The van der Waals surface area contributed by atoms with Gasteiger partial charge in [0, 0.05) is 0 Å². The largest absolute Gasteiger partial charge is 2.00 e. The van der Waals surface area contributed by atoms with Crippen LogP contribution in [0.15, 0.2) is 0 Å². The van der Waals surface area contributed by atoms with Gasteiger partial charge in [0.05, 0.1) is 0 Å². The Bertz CT molecular complexity index is 6.85. The van der Waals surface area contributed by atoms with Gasteiger partial charge in [0.1, 0.15) is 0 Å². The molecule has 5 heavy (non-hydrogen) atoms. The van der Waals surface area contributed by atoms with Crippen molar-refractivity contribution in [1.29, 1.82) is 0 Å². The van der Waals surface area contributed by atoms with Gasteiger partial charge in [-0.2, -0.15) is 0 Å². The maximum Gasteiger partial charge on any atom is 2.00 e. The van der Waals surface area contributed by atoms with Gasteiger partial charge >= 0.3 is 43.4 Å². The normalized spacial score (nSPS) is 0. The minimum absolute atomic E-state index is 0. The summed E-state index contributed by atoms with van der Waals surface area (Å²) >= 11 is 0. The van der Waals surface area contributed by atoms with Crippen LogP contribution in [0.3, 0.4) is 0 Å². The zero-order valence-electron chi connectivity index (χ0n) is 2.55. The van der Waals surface area contributed by atoms with Crippen molar-refractivity contribution >= 4 is 23.9 Å². The molecular formula is H2O3SnZn. The average Bonchev–Trinajstić information content (AvgIpc) is 0. The minimum atomic E-state index is 0. The van der Waals surface area contributed by atoms with E-state index in [1.165, 1.54) is 0 Å². The van der Waals surface area contributed by atoms with Crippen LogP contribution < -0.4 is 0 Å². The van der Waals surface area contributed by atoms with Gasteiger partial charge in [0.25, 0.3) is 0 Å². The zero-order valence-corrected chi connectivity index (χ0v) is 8.81. The molecule has 0 aliphatic carbocycles. The summed E-state index contributed by atoms with van der Waals surface area (Å²) in [5.41, 5.74) is 0. The Labute approximate surface area is 59.8 Å². The van der Waals surface area contributed by atoms with E-state index in [0.29, 0.717) is 0 Å². The van der Waals surface area contributed by atoms with Gasteiger partial charge in [-0.15, -0.1) is 0 Å². The van der Waals surface area contributed by atoms with E-state index in [1.54, 1.807) is 0 Å². The van der Waals surface area contributed by atoms with Crippen molar-refractivity contribution in [3.8, 4) is 0 Å². The first kappa shape index (κ1) is 104. The summed E-state index contributed by atoms with van der Waals surface area (Å²) in [6.45, 7) is 0. The summed E-state index contributed by atoms with van der Waals surface area (Å²) in [5.74, 6) is 0. The Balaban J connectivity index is 0. The fourth-order valence-corrected chi connectivity index (χ4v) is 0. The maximum atomic E-state index is 0. The minimum Gasteiger partial charge on any atom is 2.00 e. The van der Waals surface area contributed by atoms with E-state index in [0.717, 1.165) is 0 Å². The van der Waals surface area contributed by atoms with Crippen molar-refractivity contribution in [2.75, 3.05) is 0 Å². The second kappa shape index (κ2) is 57.9. The van der Waals surface area contributed by atoms with Crippen molar-refractivity contribution in [2.24, 2.45) is 0 Å². The second-order valence-corrected chi connectivity index (χ2v) is 0. The molecule has 26 valence electrons. The maximum absolute atomic E-state index is 0. The van der Waals surface area contributed by atoms with E-state index >= 15 is 0 Å². The standard InChI is InChI=1S/H2O.2O.Sn.Zn.H/h1H2;;;;;/q;2*-2;+3;+2;/p-1. The van der Waals surface area contributed by atoms with Crippen molar-refractivity contribution < 1.29 is 35.9 Å². The summed E-state index contributed by atoms with van der Waals surface area (Å²) < 4.78 is 0. The quantitative estimate of drug-likeness (QED) is 0.491. The molecule has 1 N–H and O–H groups in total. The summed E-state index contributed by atoms with van der Waals surface area (Å²) in [7, 11) is 0. The van der Waals surface area contributed by atoms with Crippen LogP contribution in [0.1, 0.15) is 0 Å². The predicted molar refractivity (Wildman–Crippen MR) is 10.5 cm³/mol. The van der Waals surface area contributed by atoms with Crippen LogP contribution in [0.25, 0.3) is 0 Å². The van der Waals surface area contributed by atoms with E-state index in [2.05, 4.69) is 0 Å². The Morgan fingerprint density at radius 1 is 0.800 bits per heavy atom. The van der Waals surface area contributed by atoms with E-state index in [4.69, 9.17) is 0 Å². The van der Waals surface area contributed by atoms with Gasteiger partial charge in [-0.1, -0.05) is 0 Å². The third-order valence-corrected chi connectivity index (χ3v) is 0. The molecule has 0 aromatic rings. The molecule has 0 bridgehead atoms. The van der Waals surface area contributed by atoms with Gasteiger partial charge in [-0.05, 0) is 0 Å². The van der Waals surface area contributed by atoms with E-state index in [-0.39, 0.29) is 59.8 Å². The molecule has 0 amide bonds. The van der Waals surface area contributed by atoms with E-state index in [9.17, 15) is 0 Å². The van der Waals surface area contributed by atoms with Crippen LogP contribution in [-0.4, -0.2) is 29.4 Å². The number of hydrogen-bond donors (Lipinski definition) is 0. The van der Waals surface area contributed by atoms with Crippen molar-refractivity contribution in [1.82, 2.24) is 0 Å². The topological polar surface area (TPSA) is 87.0 Å². The molecule has 0 aromatic carbocycles. The third-order valence-electron chi connectivity index (χ3n) is 0. The Morgan fingerprint density at radius 3 is 0.800 bits per heavy atom. The molecule has 0 saturated carbocycles. The number of hydrogen-bond acceptors (Lipinski definition) is 1. The van der Waals surface area contributed by atoms with Crippen LogP contribution in [0.5, 0.6) is 0 Å². The third kappa shape index (κ3) is 34.1. The van der Waals surface area contributed by atoms with Crippen molar-refractivity contribution in [3.05, 3.63) is 0 Å². The van der Waals surface area contributed by atoms with Crippen LogP contribution in [-0.2, 0) is 30.4 Å². The smallest absolute Gasteiger partial charge is 2.00 e. The molecule has 0 atom stereocenters. The number of rotatable bonds is 0. The second-order valence-electron chi connectivity index (χ2n) is 0. The molecule has 3 nitrogen and oxygen atoms in total. The van der Waals surface area contributed by atoms with Crippen LogP contribution in [0.2, 0.25) is 0 Å². The van der Waals surface area contributed by atoms with Gasteiger partial charge in [0.2, 0.25) is 0 Å². The molecule has 0 unspecified atom stereocenters. The molecule has 0 aliphatic heterocycles. The molecule has 0 heterocycles. The Hall–Kier alpha value is 1.30. The first-order valence-corrected chi connectivity index (χ1v) is 0. The zero-order chi connectivity index (χ0) is 0. The first-order valence-electron chi connectivity index (χ1n) is 0. The van der Waals surface area contributed by atoms with Crippen LogP contribution in [0.4, 0.5) is 0 Å². The van der Waals surface area contributed by atoms with Gasteiger partial charge in [0.15, 0.2) is 0 Å². The molecule has 0 fully saturated rings. The predicted octanol–water partition coefficient (Wildman–Crippen LogP) is -1.07. The van der Waals surface area contributed by atoms with Crippen molar-refractivity contribution in [3.63, 3.8) is 0 Å². The Kier molecular flexibility index (Phi) is 1210. The monoisotopic (exact) mass is 234 g/mol. The Morgan fingerprint density at radius 2 is 0.800 bits per heavy atom. The van der Waals surface area contributed by atoms with Gasteiger partial charge in [-0.25, -0.2) is 0 Å². The molecule has 0 aromatic heterocycles.